The molecule has 0 saturated carbocycles. The monoisotopic (exact) mass is 211 g/mol. The van der Waals surface area contributed by atoms with Gasteiger partial charge in [-0.3, -0.25) is 4.79 Å². The molecule has 0 unspecified atom stereocenters. The molecule has 0 aliphatic heterocycles. The van der Waals surface area contributed by atoms with Crippen LogP contribution >= 0.6 is 0 Å². The molecule has 1 rings (SSSR count). The van der Waals surface area contributed by atoms with Crippen LogP contribution < -0.4 is 5.32 Å². The van der Waals surface area contributed by atoms with Gasteiger partial charge in [0.05, 0.1) is 0 Å². The fraction of sp³-hybridized carbons (Fsp3) is 0.600. The van der Waals surface area contributed by atoms with Crippen molar-refractivity contribution in [1.82, 2.24) is 9.55 Å². The Morgan fingerprint density at radius 3 is 2.80 bits per heavy atom. The molecule has 0 saturated heterocycles. The number of nitrogens with zero attached hydrogens (tertiary/aromatic N) is 2. The Morgan fingerprint density at radius 1 is 1.67 bits per heavy atom. The Balaban J connectivity index is 2.56. The number of carbonyl (C=O) groups is 1. The van der Waals surface area contributed by atoms with Crippen molar-refractivity contribution in [2.24, 2.45) is 7.05 Å². The average Bonchev–Trinajstić information content (AvgIpc) is 2.48. The lowest BCUT2D eigenvalue weighted by molar-refractivity contribution is -0.137. The van der Waals surface area contributed by atoms with Gasteiger partial charge in [0.15, 0.2) is 0 Å². The number of carboxylic acid groups (broad SMARTS) is 1. The number of imidazole rings is 1. The zero-order valence-corrected chi connectivity index (χ0v) is 9.32. The third kappa shape index (κ3) is 3.61. The third-order valence-electron chi connectivity index (χ3n) is 2.24. The lowest BCUT2D eigenvalue weighted by Gasteiger charge is -2.26. The molecule has 15 heavy (non-hydrogen) atoms. The molecule has 5 heteroatoms. The van der Waals surface area contributed by atoms with Crippen LogP contribution in [0.5, 0.6) is 0 Å². The van der Waals surface area contributed by atoms with Crippen LogP contribution in [0.2, 0.25) is 0 Å². The molecule has 1 aromatic rings. The van der Waals surface area contributed by atoms with Crippen molar-refractivity contribution in [2.45, 2.75) is 32.2 Å². The molecule has 0 radical (unpaired) electrons. The number of hydrogen-bond donors (Lipinski definition) is 2. The van der Waals surface area contributed by atoms with Gasteiger partial charge in [0.25, 0.3) is 0 Å². The summed E-state index contributed by atoms with van der Waals surface area (Å²) in [5, 5.41) is 11.8. The number of carboxylic acids is 1. The molecular weight excluding hydrogens is 194 g/mol. The van der Waals surface area contributed by atoms with Crippen LogP contribution in [0.25, 0.3) is 0 Å². The van der Waals surface area contributed by atoms with Crippen molar-refractivity contribution in [3.05, 3.63) is 12.4 Å². The van der Waals surface area contributed by atoms with Crippen LogP contribution in [-0.2, 0) is 11.8 Å². The quantitative estimate of drug-likeness (QED) is 0.774. The first-order valence-corrected chi connectivity index (χ1v) is 4.88. The van der Waals surface area contributed by atoms with Crippen molar-refractivity contribution in [2.75, 3.05) is 5.32 Å². The van der Waals surface area contributed by atoms with Gasteiger partial charge in [0.1, 0.15) is 0 Å². The van der Waals surface area contributed by atoms with Crippen molar-refractivity contribution in [3.8, 4) is 0 Å². The Labute approximate surface area is 89.1 Å². The van der Waals surface area contributed by atoms with Gasteiger partial charge in [0, 0.05) is 31.4 Å². The van der Waals surface area contributed by atoms with Crippen LogP contribution in [0.1, 0.15) is 26.7 Å². The number of aromatic nitrogens is 2. The third-order valence-corrected chi connectivity index (χ3v) is 2.24. The average molecular weight is 211 g/mol. The number of aliphatic carboxylic acids is 1. The Bertz CT molecular complexity index is 344. The highest BCUT2D eigenvalue weighted by Gasteiger charge is 2.20. The number of hydrogen-bond acceptors (Lipinski definition) is 3. The fourth-order valence-electron chi connectivity index (χ4n) is 1.27. The summed E-state index contributed by atoms with van der Waals surface area (Å²) in [6.45, 7) is 3.93. The normalized spacial score (nSPS) is 11.4. The van der Waals surface area contributed by atoms with Gasteiger partial charge in [-0.2, -0.15) is 0 Å². The summed E-state index contributed by atoms with van der Waals surface area (Å²) in [6.07, 6.45) is 4.27. The fourth-order valence-corrected chi connectivity index (χ4v) is 1.27. The van der Waals surface area contributed by atoms with E-state index in [2.05, 4.69) is 10.3 Å². The zero-order valence-electron chi connectivity index (χ0n) is 9.32. The van der Waals surface area contributed by atoms with Crippen molar-refractivity contribution < 1.29 is 9.90 Å². The molecular formula is C10H17N3O2. The van der Waals surface area contributed by atoms with E-state index >= 15 is 0 Å². The second kappa shape index (κ2) is 4.33. The summed E-state index contributed by atoms with van der Waals surface area (Å²) in [6, 6.07) is 0. The topological polar surface area (TPSA) is 67.2 Å². The van der Waals surface area contributed by atoms with E-state index in [1.54, 1.807) is 6.20 Å². The Kier molecular flexibility index (Phi) is 3.34. The standard InChI is InChI=1S/C10H17N3O2/c1-10(2,5-4-8(14)15)12-9-11-6-7-13(9)3/h6-7H,4-5H2,1-3H3,(H,11,12)(H,14,15). The van der Waals surface area contributed by atoms with Crippen LogP contribution in [0.15, 0.2) is 12.4 Å². The smallest absolute Gasteiger partial charge is 0.303 e. The lowest BCUT2D eigenvalue weighted by atomic mass is 9.99. The maximum atomic E-state index is 10.5. The molecule has 0 bridgehead atoms. The van der Waals surface area contributed by atoms with Crippen LogP contribution in [0, 0.1) is 0 Å². The van der Waals surface area contributed by atoms with E-state index in [1.165, 1.54) is 0 Å². The molecule has 0 aliphatic rings. The summed E-state index contributed by atoms with van der Waals surface area (Å²) in [4.78, 5) is 14.6. The van der Waals surface area contributed by atoms with E-state index in [0.717, 1.165) is 5.95 Å². The van der Waals surface area contributed by atoms with Gasteiger partial charge in [0.2, 0.25) is 5.95 Å². The van der Waals surface area contributed by atoms with Gasteiger partial charge >= 0.3 is 5.97 Å². The Hall–Kier alpha value is -1.52. The minimum absolute atomic E-state index is 0.157. The second-order valence-corrected chi connectivity index (χ2v) is 4.26. The molecule has 5 nitrogen and oxygen atoms in total. The van der Waals surface area contributed by atoms with Gasteiger partial charge in [-0.05, 0) is 20.3 Å². The van der Waals surface area contributed by atoms with E-state index in [9.17, 15) is 4.79 Å². The second-order valence-electron chi connectivity index (χ2n) is 4.26. The number of nitrogens with one attached hydrogen (secondary N) is 1. The molecule has 0 fully saturated rings. The SMILES string of the molecule is Cn1ccnc1NC(C)(C)CCC(=O)O. The highest BCUT2D eigenvalue weighted by Crippen LogP contribution is 2.17. The van der Waals surface area contributed by atoms with Gasteiger partial charge in [-0.25, -0.2) is 4.98 Å². The first kappa shape index (κ1) is 11.6. The van der Waals surface area contributed by atoms with E-state index in [4.69, 9.17) is 5.11 Å². The van der Waals surface area contributed by atoms with E-state index in [0.29, 0.717) is 6.42 Å². The molecule has 0 spiro atoms. The predicted octanol–water partition coefficient (Wildman–Crippen LogP) is 1.48. The van der Waals surface area contributed by atoms with E-state index in [-0.39, 0.29) is 12.0 Å². The van der Waals surface area contributed by atoms with Crippen molar-refractivity contribution in [1.29, 1.82) is 0 Å². The predicted molar refractivity (Wildman–Crippen MR) is 57.8 cm³/mol. The summed E-state index contributed by atoms with van der Waals surface area (Å²) >= 11 is 0. The molecule has 1 aromatic heterocycles. The Morgan fingerprint density at radius 2 is 2.33 bits per heavy atom. The largest absolute Gasteiger partial charge is 0.481 e. The molecule has 0 amide bonds. The molecule has 2 N–H and O–H groups in total. The first-order chi connectivity index (χ1) is 6.91. The number of anilines is 1. The molecule has 1 heterocycles. The molecule has 0 atom stereocenters. The minimum atomic E-state index is -0.773. The highest BCUT2D eigenvalue weighted by atomic mass is 16.4. The zero-order chi connectivity index (χ0) is 11.5. The van der Waals surface area contributed by atoms with Crippen molar-refractivity contribution >= 4 is 11.9 Å². The molecule has 0 aromatic carbocycles. The summed E-state index contributed by atoms with van der Waals surface area (Å²) < 4.78 is 1.86. The number of aryl methyl sites for hydroxylation is 1. The minimum Gasteiger partial charge on any atom is -0.481 e. The van der Waals surface area contributed by atoms with Gasteiger partial charge in [-0.15, -0.1) is 0 Å². The lowest BCUT2D eigenvalue weighted by Crippen LogP contribution is -2.32. The summed E-state index contributed by atoms with van der Waals surface area (Å²) in [5.41, 5.74) is -0.266. The number of rotatable bonds is 5. The van der Waals surface area contributed by atoms with Crippen molar-refractivity contribution in [3.63, 3.8) is 0 Å². The first-order valence-electron chi connectivity index (χ1n) is 4.88. The summed E-state index contributed by atoms with van der Waals surface area (Å²) in [7, 11) is 1.89. The van der Waals surface area contributed by atoms with E-state index in [1.807, 2.05) is 31.7 Å². The van der Waals surface area contributed by atoms with Gasteiger partial charge < -0.3 is 15.0 Å². The van der Waals surface area contributed by atoms with Crippen LogP contribution in [0.4, 0.5) is 5.95 Å². The van der Waals surface area contributed by atoms with Crippen LogP contribution in [0.3, 0.4) is 0 Å². The van der Waals surface area contributed by atoms with Crippen LogP contribution in [-0.4, -0.2) is 26.2 Å². The molecule has 84 valence electrons. The maximum absolute atomic E-state index is 10.5. The maximum Gasteiger partial charge on any atom is 0.303 e. The molecule has 0 aliphatic carbocycles. The summed E-state index contributed by atoms with van der Waals surface area (Å²) in [5.74, 6) is -0.0184. The van der Waals surface area contributed by atoms with E-state index < -0.39 is 5.97 Å². The highest BCUT2D eigenvalue weighted by molar-refractivity contribution is 5.66. The van der Waals surface area contributed by atoms with Gasteiger partial charge in [-0.1, -0.05) is 0 Å².